The number of nitrogens with zero attached hydrogens (tertiary/aromatic N) is 2. The minimum absolute atomic E-state index is 0.537. The Morgan fingerprint density at radius 3 is 2.35 bits per heavy atom. The van der Waals surface area contributed by atoms with Crippen LogP contribution in [0.3, 0.4) is 0 Å². The summed E-state index contributed by atoms with van der Waals surface area (Å²) in [7, 11) is 3.28. The van der Waals surface area contributed by atoms with Crippen LogP contribution >= 0.6 is 0 Å². The number of hydrogen-bond donors (Lipinski definition) is 1. The third-order valence-corrected chi connectivity index (χ3v) is 4.78. The maximum Gasteiger partial charge on any atom is 0.162 e. The number of pyridine rings is 1. The molecular formula is C21H21N3O2. The van der Waals surface area contributed by atoms with E-state index in [0.29, 0.717) is 18.0 Å². The maximum atomic E-state index is 5.73. The van der Waals surface area contributed by atoms with Gasteiger partial charge in [-0.1, -0.05) is 12.1 Å². The Hall–Kier alpha value is -3.05. The number of aryl methyl sites for hydroxylation is 1. The fraction of sp³-hybridized carbons (Fsp3) is 0.190. The Kier molecular flexibility index (Phi) is 4.01. The van der Waals surface area contributed by atoms with Crippen molar-refractivity contribution in [1.82, 2.24) is 9.55 Å². The first-order valence-electron chi connectivity index (χ1n) is 8.48. The molecule has 2 N–H and O–H groups in total. The van der Waals surface area contributed by atoms with E-state index in [1.807, 2.05) is 18.3 Å². The van der Waals surface area contributed by atoms with E-state index in [9.17, 15) is 0 Å². The van der Waals surface area contributed by atoms with E-state index in [1.165, 1.54) is 5.56 Å². The Morgan fingerprint density at radius 1 is 1.00 bits per heavy atom. The molecule has 0 unspecified atom stereocenters. The van der Waals surface area contributed by atoms with Crippen LogP contribution in [-0.2, 0) is 6.54 Å². The van der Waals surface area contributed by atoms with Crippen molar-refractivity contribution >= 4 is 21.8 Å². The van der Waals surface area contributed by atoms with E-state index in [2.05, 4.69) is 46.9 Å². The SMILES string of the molecule is COc1cc2ncc3c(C)cn(-c4ccc(CN)cc4)c3c2cc1OC. The molecule has 5 heteroatoms. The van der Waals surface area contributed by atoms with Gasteiger partial charge in [0.05, 0.1) is 25.3 Å². The third-order valence-electron chi connectivity index (χ3n) is 4.78. The number of fused-ring (bicyclic) bond motifs is 3. The molecule has 0 saturated carbocycles. The summed E-state index contributed by atoms with van der Waals surface area (Å²) in [4.78, 5) is 4.62. The number of ether oxygens (including phenoxy) is 2. The predicted molar refractivity (Wildman–Crippen MR) is 104 cm³/mol. The molecule has 2 heterocycles. The molecule has 0 atom stereocenters. The van der Waals surface area contributed by atoms with Crippen molar-refractivity contribution < 1.29 is 9.47 Å². The number of hydrogen-bond acceptors (Lipinski definition) is 4. The number of methoxy groups -OCH3 is 2. The Morgan fingerprint density at radius 2 is 1.69 bits per heavy atom. The lowest BCUT2D eigenvalue weighted by Gasteiger charge is -2.12. The lowest BCUT2D eigenvalue weighted by molar-refractivity contribution is 0.356. The third kappa shape index (κ3) is 2.48. The van der Waals surface area contributed by atoms with Gasteiger partial charge in [0.2, 0.25) is 0 Å². The Labute approximate surface area is 152 Å². The normalized spacial score (nSPS) is 11.2. The minimum atomic E-state index is 0.537. The van der Waals surface area contributed by atoms with E-state index in [1.54, 1.807) is 14.2 Å². The van der Waals surface area contributed by atoms with Crippen molar-refractivity contribution in [3.8, 4) is 17.2 Å². The van der Waals surface area contributed by atoms with Gasteiger partial charge in [-0.3, -0.25) is 4.98 Å². The molecule has 0 aliphatic heterocycles. The fourth-order valence-corrected chi connectivity index (χ4v) is 3.38. The molecule has 0 fully saturated rings. The smallest absolute Gasteiger partial charge is 0.162 e. The van der Waals surface area contributed by atoms with Crippen LogP contribution in [0.25, 0.3) is 27.5 Å². The highest BCUT2D eigenvalue weighted by Crippen LogP contribution is 2.36. The van der Waals surface area contributed by atoms with Crippen LogP contribution < -0.4 is 15.2 Å². The molecule has 0 aliphatic rings. The van der Waals surface area contributed by atoms with Gasteiger partial charge in [0, 0.05) is 41.5 Å². The maximum absolute atomic E-state index is 5.73. The molecule has 0 bridgehead atoms. The average molecular weight is 347 g/mol. The zero-order valence-corrected chi connectivity index (χ0v) is 15.1. The van der Waals surface area contributed by atoms with Crippen molar-refractivity contribution in [2.45, 2.75) is 13.5 Å². The molecule has 26 heavy (non-hydrogen) atoms. The first kappa shape index (κ1) is 16.4. The second kappa shape index (κ2) is 6.35. The molecule has 0 amide bonds. The summed E-state index contributed by atoms with van der Waals surface area (Å²) in [6.45, 7) is 2.64. The van der Waals surface area contributed by atoms with Crippen molar-refractivity contribution in [1.29, 1.82) is 0 Å². The van der Waals surface area contributed by atoms with E-state index in [0.717, 1.165) is 33.1 Å². The zero-order chi connectivity index (χ0) is 18.3. The molecule has 4 aromatic rings. The van der Waals surface area contributed by atoms with Crippen LogP contribution in [0.2, 0.25) is 0 Å². The van der Waals surface area contributed by atoms with Gasteiger partial charge >= 0.3 is 0 Å². The van der Waals surface area contributed by atoms with E-state index in [4.69, 9.17) is 15.2 Å². The molecule has 2 aromatic heterocycles. The van der Waals surface area contributed by atoms with Crippen LogP contribution in [0.4, 0.5) is 0 Å². The van der Waals surface area contributed by atoms with Crippen LogP contribution in [0.15, 0.2) is 48.8 Å². The molecular weight excluding hydrogens is 326 g/mol. The van der Waals surface area contributed by atoms with Crippen molar-refractivity contribution in [3.63, 3.8) is 0 Å². The molecule has 0 spiro atoms. The van der Waals surface area contributed by atoms with Gasteiger partial charge in [-0.2, -0.15) is 0 Å². The standard InChI is InChI=1S/C21H21N3O2/c1-13-12-24(15-6-4-14(10-22)5-7-15)21-16-8-19(25-2)20(26-3)9-18(16)23-11-17(13)21/h4-9,11-12H,10,22H2,1-3H3. The fourth-order valence-electron chi connectivity index (χ4n) is 3.38. The summed E-state index contributed by atoms with van der Waals surface area (Å²) in [5.41, 5.74) is 11.1. The lowest BCUT2D eigenvalue weighted by atomic mass is 10.1. The van der Waals surface area contributed by atoms with Crippen LogP contribution in [0.1, 0.15) is 11.1 Å². The zero-order valence-electron chi connectivity index (χ0n) is 15.1. The number of benzene rings is 2. The molecule has 2 aromatic carbocycles. The van der Waals surface area contributed by atoms with E-state index >= 15 is 0 Å². The van der Waals surface area contributed by atoms with E-state index < -0.39 is 0 Å². The van der Waals surface area contributed by atoms with Gasteiger partial charge in [0.25, 0.3) is 0 Å². The van der Waals surface area contributed by atoms with Crippen molar-refractivity contribution in [2.75, 3.05) is 14.2 Å². The molecule has 132 valence electrons. The quantitative estimate of drug-likeness (QED) is 0.607. The van der Waals surface area contributed by atoms with Crippen molar-refractivity contribution in [3.05, 3.63) is 59.9 Å². The number of rotatable bonds is 4. The van der Waals surface area contributed by atoms with Gasteiger partial charge in [0.15, 0.2) is 11.5 Å². The summed E-state index contributed by atoms with van der Waals surface area (Å²) in [5, 5.41) is 2.14. The predicted octanol–water partition coefficient (Wildman–Crippen LogP) is 3.96. The highest BCUT2D eigenvalue weighted by atomic mass is 16.5. The van der Waals surface area contributed by atoms with Crippen LogP contribution in [0, 0.1) is 6.92 Å². The second-order valence-electron chi connectivity index (χ2n) is 6.30. The monoisotopic (exact) mass is 347 g/mol. The topological polar surface area (TPSA) is 62.3 Å². The van der Waals surface area contributed by atoms with Gasteiger partial charge in [-0.15, -0.1) is 0 Å². The van der Waals surface area contributed by atoms with Gasteiger partial charge < -0.3 is 19.8 Å². The first-order chi connectivity index (χ1) is 12.7. The van der Waals surface area contributed by atoms with Gasteiger partial charge in [-0.25, -0.2) is 0 Å². The van der Waals surface area contributed by atoms with Crippen LogP contribution in [-0.4, -0.2) is 23.8 Å². The molecule has 4 rings (SSSR count). The minimum Gasteiger partial charge on any atom is -0.493 e. The Balaban J connectivity index is 2.05. The molecule has 0 radical (unpaired) electrons. The summed E-state index contributed by atoms with van der Waals surface area (Å²) in [6.07, 6.45) is 4.06. The summed E-state index contributed by atoms with van der Waals surface area (Å²) < 4.78 is 13.1. The summed E-state index contributed by atoms with van der Waals surface area (Å²) in [6, 6.07) is 12.2. The Bertz CT molecular complexity index is 1100. The lowest BCUT2D eigenvalue weighted by Crippen LogP contribution is -1.98. The van der Waals surface area contributed by atoms with Crippen LogP contribution in [0.5, 0.6) is 11.5 Å². The molecule has 0 saturated heterocycles. The highest BCUT2D eigenvalue weighted by Gasteiger charge is 2.15. The largest absolute Gasteiger partial charge is 0.493 e. The molecule has 5 nitrogen and oxygen atoms in total. The summed E-state index contributed by atoms with van der Waals surface area (Å²) >= 11 is 0. The van der Waals surface area contributed by atoms with Crippen molar-refractivity contribution in [2.24, 2.45) is 5.73 Å². The average Bonchev–Trinajstić information content (AvgIpc) is 3.03. The number of aromatic nitrogens is 2. The highest BCUT2D eigenvalue weighted by molar-refractivity contribution is 6.06. The van der Waals surface area contributed by atoms with E-state index in [-0.39, 0.29) is 0 Å². The van der Waals surface area contributed by atoms with Gasteiger partial charge in [0.1, 0.15) is 0 Å². The van der Waals surface area contributed by atoms with Gasteiger partial charge in [-0.05, 0) is 36.2 Å². The molecule has 0 aliphatic carbocycles. The first-order valence-corrected chi connectivity index (χ1v) is 8.48. The summed E-state index contributed by atoms with van der Waals surface area (Å²) in [5.74, 6) is 1.37. The second-order valence-corrected chi connectivity index (χ2v) is 6.30. The number of nitrogens with two attached hydrogens (primary N) is 1.